The molecule has 0 aliphatic heterocycles. The molecule has 3 heteroatoms. The van der Waals surface area contributed by atoms with E-state index in [-0.39, 0.29) is 0 Å². The van der Waals surface area contributed by atoms with Gasteiger partial charge in [-0.15, -0.1) is 0 Å². The molecule has 0 unspecified atom stereocenters. The van der Waals surface area contributed by atoms with Gasteiger partial charge in [-0.1, -0.05) is 20.8 Å². The molecule has 1 rings (SSSR count). The highest BCUT2D eigenvalue weighted by atomic mass is 16.5. The lowest BCUT2D eigenvalue weighted by Crippen LogP contribution is -2.12. The molecule has 0 bridgehead atoms. The fourth-order valence-corrected chi connectivity index (χ4v) is 1.26. The first-order valence-corrected chi connectivity index (χ1v) is 6.03. The molecule has 1 aromatic rings. The van der Waals surface area contributed by atoms with Gasteiger partial charge in [0.15, 0.2) is 0 Å². The maximum atomic E-state index is 5.58. The third kappa shape index (κ3) is 6.84. The standard InChI is InChI=1S/C14H23NO2/c1-14(2,3)8-9-16-10-11-17-13-6-4-12(15)5-7-13/h4-7H,8-11,15H2,1-3H3. The molecular weight excluding hydrogens is 214 g/mol. The van der Waals surface area contributed by atoms with Crippen LogP contribution in [0.25, 0.3) is 0 Å². The molecule has 0 aliphatic carbocycles. The molecule has 0 saturated carbocycles. The van der Waals surface area contributed by atoms with E-state index in [4.69, 9.17) is 15.2 Å². The molecular formula is C14H23NO2. The molecule has 3 nitrogen and oxygen atoms in total. The molecule has 0 fully saturated rings. The minimum Gasteiger partial charge on any atom is -0.491 e. The highest BCUT2D eigenvalue weighted by Crippen LogP contribution is 2.17. The predicted molar refractivity (Wildman–Crippen MR) is 71.2 cm³/mol. The van der Waals surface area contributed by atoms with E-state index in [2.05, 4.69) is 20.8 Å². The average Bonchev–Trinajstić information content (AvgIpc) is 2.24. The van der Waals surface area contributed by atoms with E-state index in [0.29, 0.717) is 18.6 Å². The first-order valence-electron chi connectivity index (χ1n) is 6.03. The Hall–Kier alpha value is -1.22. The zero-order chi connectivity index (χ0) is 12.7. The van der Waals surface area contributed by atoms with Gasteiger partial charge in [0.2, 0.25) is 0 Å². The maximum absolute atomic E-state index is 5.58. The maximum Gasteiger partial charge on any atom is 0.119 e. The van der Waals surface area contributed by atoms with E-state index in [9.17, 15) is 0 Å². The average molecular weight is 237 g/mol. The van der Waals surface area contributed by atoms with Crippen LogP contribution in [0.15, 0.2) is 24.3 Å². The summed E-state index contributed by atoms with van der Waals surface area (Å²) in [5, 5.41) is 0. The predicted octanol–water partition coefficient (Wildman–Crippen LogP) is 3.10. The molecule has 96 valence electrons. The molecule has 0 amide bonds. The van der Waals surface area contributed by atoms with Crippen LogP contribution in [0.3, 0.4) is 0 Å². The fraction of sp³-hybridized carbons (Fsp3) is 0.571. The van der Waals surface area contributed by atoms with Crippen LogP contribution < -0.4 is 10.5 Å². The number of nitrogen functional groups attached to an aromatic ring is 1. The van der Waals surface area contributed by atoms with Gasteiger partial charge in [0.05, 0.1) is 6.61 Å². The lowest BCUT2D eigenvalue weighted by atomic mass is 9.93. The van der Waals surface area contributed by atoms with Crippen molar-refractivity contribution < 1.29 is 9.47 Å². The van der Waals surface area contributed by atoms with Crippen molar-refractivity contribution in [1.82, 2.24) is 0 Å². The Bertz CT molecular complexity index is 314. The first kappa shape index (κ1) is 13.8. The Morgan fingerprint density at radius 3 is 2.24 bits per heavy atom. The second kappa shape index (κ2) is 6.50. The van der Waals surface area contributed by atoms with E-state index in [1.54, 1.807) is 0 Å². The highest BCUT2D eigenvalue weighted by molar-refractivity contribution is 5.41. The van der Waals surface area contributed by atoms with Crippen molar-refractivity contribution in [3.63, 3.8) is 0 Å². The number of ether oxygens (including phenoxy) is 2. The van der Waals surface area contributed by atoms with Gasteiger partial charge in [-0.25, -0.2) is 0 Å². The summed E-state index contributed by atoms with van der Waals surface area (Å²) in [6.45, 7) is 8.62. The molecule has 0 atom stereocenters. The quantitative estimate of drug-likeness (QED) is 0.610. The normalized spacial score (nSPS) is 11.5. The van der Waals surface area contributed by atoms with Crippen LogP contribution in [0, 0.1) is 5.41 Å². The third-order valence-corrected chi connectivity index (χ3v) is 2.37. The summed E-state index contributed by atoms with van der Waals surface area (Å²) in [5.74, 6) is 0.832. The summed E-state index contributed by atoms with van der Waals surface area (Å²) < 4.78 is 11.0. The summed E-state index contributed by atoms with van der Waals surface area (Å²) in [4.78, 5) is 0. The minimum absolute atomic E-state index is 0.331. The molecule has 0 aliphatic rings. The van der Waals surface area contributed by atoms with E-state index < -0.39 is 0 Å². The first-order chi connectivity index (χ1) is 7.97. The summed E-state index contributed by atoms with van der Waals surface area (Å²) in [5.41, 5.74) is 6.66. The van der Waals surface area contributed by atoms with Crippen LogP contribution in [0.2, 0.25) is 0 Å². The second-order valence-electron chi connectivity index (χ2n) is 5.34. The largest absolute Gasteiger partial charge is 0.491 e. The zero-order valence-corrected chi connectivity index (χ0v) is 11.0. The van der Waals surface area contributed by atoms with Gasteiger partial charge in [0.1, 0.15) is 12.4 Å². The smallest absolute Gasteiger partial charge is 0.119 e. The van der Waals surface area contributed by atoms with Gasteiger partial charge in [0.25, 0.3) is 0 Å². The van der Waals surface area contributed by atoms with Gasteiger partial charge in [-0.2, -0.15) is 0 Å². The molecule has 1 aromatic carbocycles. The van der Waals surface area contributed by atoms with E-state index >= 15 is 0 Å². The van der Waals surface area contributed by atoms with E-state index in [1.807, 2.05) is 24.3 Å². The summed E-state index contributed by atoms with van der Waals surface area (Å²) in [6.07, 6.45) is 1.06. The lowest BCUT2D eigenvalue weighted by Gasteiger charge is -2.17. The molecule has 0 heterocycles. The van der Waals surface area contributed by atoms with Crippen molar-refractivity contribution in [3.05, 3.63) is 24.3 Å². The van der Waals surface area contributed by atoms with Crippen LogP contribution >= 0.6 is 0 Å². The summed E-state index contributed by atoms with van der Waals surface area (Å²) >= 11 is 0. The SMILES string of the molecule is CC(C)(C)CCOCCOc1ccc(N)cc1. The van der Waals surface area contributed by atoms with E-state index in [1.165, 1.54) is 0 Å². The van der Waals surface area contributed by atoms with Gasteiger partial charge >= 0.3 is 0 Å². The van der Waals surface area contributed by atoms with Crippen LogP contribution in [-0.2, 0) is 4.74 Å². The minimum atomic E-state index is 0.331. The Balaban J connectivity index is 2.07. The van der Waals surface area contributed by atoms with Crippen molar-refractivity contribution in [3.8, 4) is 5.75 Å². The van der Waals surface area contributed by atoms with Crippen molar-refractivity contribution >= 4 is 5.69 Å². The lowest BCUT2D eigenvalue weighted by molar-refractivity contribution is 0.0819. The highest BCUT2D eigenvalue weighted by Gasteiger charge is 2.08. The fourth-order valence-electron chi connectivity index (χ4n) is 1.26. The molecule has 0 radical (unpaired) electrons. The number of hydrogen-bond donors (Lipinski definition) is 1. The number of hydrogen-bond acceptors (Lipinski definition) is 3. The zero-order valence-electron chi connectivity index (χ0n) is 11.0. The number of anilines is 1. The van der Waals surface area contributed by atoms with Crippen LogP contribution in [-0.4, -0.2) is 19.8 Å². The Labute approximate surface area is 104 Å². The molecule has 0 aromatic heterocycles. The van der Waals surface area contributed by atoms with Gasteiger partial charge in [-0.05, 0) is 36.1 Å². The molecule has 0 saturated heterocycles. The topological polar surface area (TPSA) is 44.5 Å². The van der Waals surface area contributed by atoms with E-state index in [0.717, 1.165) is 24.5 Å². The Morgan fingerprint density at radius 1 is 1.00 bits per heavy atom. The van der Waals surface area contributed by atoms with Crippen molar-refractivity contribution in [2.24, 2.45) is 5.41 Å². The van der Waals surface area contributed by atoms with Crippen LogP contribution in [0.4, 0.5) is 5.69 Å². The number of benzene rings is 1. The monoisotopic (exact) mass is 237 g/mol. The number of rotatable bonds is 6. The summed E-state index contributed by atoms with van der Waals surface area (Å²) in [7, 11) is 0. The third-order valence-electron chi connectivity index (χ3n) is 2.37. The van der Waals surface area contributed by atoms with Crippen LogP contribution in [0.5, 0.6) is 5.75 Å². The summed E-state index contributed by atoms with van der Waals surface area (Å²) in [6, 6.07) is 7.39. The molecule has 17 heavy (non-hydrogen) atoms. The number of nitrogens with two attached hydrogens (primary N) is 1. The van der Waals surface area contributed by atoms with Gasteiger partial charge in [-0.3, -0.25) is 0 Å². The van der Waals surface area contributed by atoms with Crippen LogP contribution in [0.1, 0.15) is 27.2 Å². The van der Waals surface area contributed by atoms with Gasteiger partial charge < -0.3 is 15.2 Å². The Morgan fingerprint density at radius 2 is 1.65 bits per heavy atom. The molecule has 2 N–H and O–H groups in total. The molecule has 0 spiro atoms. The van der Waals surface area contributed by atoms with Crippen molar-refractivity contribution in [2.75, 3.05) is 25.6 Å². The van der Waals surface area contributed by atoms with Crippen molar-refractivity contribution in [2.45, 2.75) is 27.2 Å². The van der Waals surface area contributed by atoms with Gasteiger partial charge in [0, 0.05) is 12.3 Å². The second-order valence-corrected chi connectivity index (χ2v) is 5.34. The van der Waals surface area contributed by atoms with Crippen molar-refractivity contribution in [1.29, 1.82) is 0 Å². The Kier molecular flexibility index (Phi) is 5.29.